The molecule has 0 saturated heterocycles. The molecule has 0 radical (unpaired) electrons. The van der Waals surface area contributed by atoms with Gasteiger partial charge in [-0.05, 0) is 96.0 Å². The van der Waals surface area contributed by atoms with Crippen molar-refractivity contribution in [3.05, 3.63) is 133 Å². The molecule has 0 saturated carbocycles. The third-order valence-electron chi connectivity index (χ3n) is 14.6. The van der Waals surface area contributed by atoms with E-state index in [-0.39, 0.29) is 0 Å². The van der Waals surface area contributed by atoms with Crippen LogP contribution in [0.1, 0.15) is 0 Å². The number of fused-ring (bicyclic) bond motifs is 4. The minimum absolute atomic E-state index is 0.936. The number of hydrogen-bond donors (Lipinski definition) is 0. The summed E-state index contributed by atoms with van der Waals surface area (Å²) in [6, 6.07) is 49.1. The Hall–Kier alpha value is -6.12. The molecule has 0 aliphatic rings. The van der Waals surface area contributed by atoms with Gasteiger partial charge >= 0.3 is 0 Å². The van der Waals surface area contributed by atoms with E-state index in [0.29, 0.717) is 0 Å². The lowest BCUT2D eigenvalue weighted by molar-refractivity contribution is 1.11. The molecule has 2 nitrogen and oxygen atoms in total. The van der Waals surface area contributed by atoms with Gasteiger partial charge in [0.1, 0.15) is 84.3 Å². The van der Waals surface area contributed by atoms with Crippen LogP contribution in [0.5, 0.6) is 0 Å². The topological polar surface area (TPSA) is 17.8 Å². The SMILES string of the molecule is Bc1c(B)c(B)c(-c2c3ccccc3c(-c3c(B)c(B)c(B)c(B)c3B)c3cc(-c4ccc(-c5nc6ccccc6n5-c5ccc6ccccc6c5)cc4)ccc23)c(B)c1B. The van der Waals surface area contributed by atoms with Crippen LogP contribution in [-0.4, -0.2) is 88.0 Å². The van der Waals surface area contributed by atoms with Crippen molar-refractivity contribution in [3.63, 3.8) is 0 Å². The Morgan fingerprint density at radius 2 is 0.787 bits per heavy atom. The maximum Gasteiger partial charge on any atom is 0.145 e. The first-order valence-electron chi connectivity index (χ1n) is 21.6. The molecular weight excluding hydrogens is 725 g/mol. The minimum atomic E-state index is 0.936. The molecule has 1 heterocycles. The Kier molecular flexibility index (Phi) is 9.48. The molecule has 0 atom stereocenters. The van der Waals surface area contributed by atoms with E-state index in [4.69, 9.17) is 4.98 Å². The van der Waals surface area contributed by atoms with Gasteiger partial charge in [-0.15, -0.1) is 32.8 Å². The van der Waals surface area contributed by atoms with Crippen molar-refractivity contribution in [3.8, 4) is 50.5 Å². The van der Waals surface area contributed by atoms with Gasteiger partial charge in [0.15, 0.2) is 0 Å². The largest absolute Gasteiger partial charge is 0.292 e. The highest BCUT2D eigenvalue weighted by molar-refractivity contribution is 6.70. The molecule has 0 spiro atoms. The summed E-state index contributed by atoms with van der Waals surface area (Å²) in [5.41, 5.74) is 25.7. The monoisotopic (exact) mass is 768 g/mol. The van der Waals surface area contributed by atoms with Crippen LogP contribution in [0.2, 0.25) is 0 Å². The quantitative estimate of drug-likeness (QED) is 0.128. The summed E-state index contributed by atoms with van der Waals surface area (Å²) in [6.07, 6.45) is 0. The van der Waals surface area contributed by atoms with Gasteiger partial charge < -0.3 is 0 Å². The molecule has 0 unspecified atom stereocenters. The smallest absolute Gasteiger partial charge is 0.145 e. The number of imidazole rings is 1. The van der Waals surface area contributed by atoms with Crippen LogP contribution in [0.15, 0.2) is 133 Å². The molecule has 10 rings (SSSR count). The fourth-order valence-electron chi connectivity index (χ4n) is 10.3. The first-order chi connectivity index (χ1) is 29.4. The summed E-state index contributed by atoms with van der Waals surface area (Å²) in [7, 11) is 23.0. The second kappa shape index (κ2) is 14.8. The zero-order valence-corrected chi connectivity index (χ0v) is 37.1. The molecule has 278 valence electrons. The molecule has 0 N–H and O–H groups in total. The molecule has 61 heavy (non-hydrogen) atoms. The highest BCUT2D eigenvalue weighted by Crippen LogP contribution is 2.43. The van der Waals surface area contributed by atoms with Crippen molar-refractivity contribution >= 4 is 176 Å². The van der Waals surface area contributed by atoms with Crippen LogP contribution in [0.4, 0.5) is 0 Å². The number of nitrogens with zero attached hydrogens (tertiary/aromatic N) is 2. The average Bonchev–Trinajstić information content (AvgIpc) is 3.69. The van der Waals surface area contributed by atoms with Crippen LogP contribution in [0.25, 0.3) is 93.8 Å². The Balaban J connectivity index is 1.22. The molecule has 10 aromatic rings. The Morgan fingerprint density at radius 3 is 1.39 bits per heavy atom. The fourth-order valence-corrected chi connectivity index (χ4v) is 10.3. The maximum atomic E-state index is 5.23. The molecule has 1 aromatic heterocycles. The maximum absolute atomic E-state index is 5.23. The standard InChI is InChI=1S/C49H42B10N2/c50-39-37(40(51)44(55)47(58)43(39)54)35-29-9-3-4-10-30(29)36(38-41(52)45(56)48(59)46(57)42(38)53)32-22-27(18-20-31(32)35)24-13-15-25(16-14-24)49-60-33-11-5-6-12-34(33)61(49)28-19-17-23-7-1-2-8-26(23)21-28/h1-22H,50-59H2. The molecule has 12 heteroatoms. The predicted molar refractivity (Wildman–Crippen MR) is 297 cm³/mol. The lowest BCUT2D eigenvalue weighted by atomic mass is 9.58. The number of benzene rings is 9. The molecule has 0 amide bonds. The van der Waals surface area contributed by atoms with Gasteiger partial charge in [0, 0.05) is 11.3 Å². The number of hydrogen-bond acceptors (Lipinski definition) is 1. The van der Waals surface area contributed by atoms with E-state index in [1.807, 2.05) is 0 Å². The number of para-hydroxylation sites is 2. The van der Waals surface area contributed by atoms with E-state index in [0.717, 1.165) is 28.1 Å². The van der Waals surface area contributed by atoms with E-state index in [1.165, 1.54) is 120 Å². The molecule has 0 fully saturated rings. The van der Waals surface area contributed by atoms with E-state index in [9.17, 15) is 0 Å². The van der Waals surface area contributed by atoms with Gasteiger partial charge in [-0.3, -0.25) is 4.57 Å². The van der Waals surface area contributed by atoms with Crippen molar-refractivity contribution < 1.29 is 0 Å². The summed E-state index contributed by atoms with van der Waals surface area (Å²) in [5.74, 6) is 0.936. The lowest BCUT2D eigenvalue weighted by Crippen LogP contribution is -2.55. The second-order valence-electron chi connectivity index (χ2n) is 17.4. The van der Waals surface area contributed by atoms with Gasteiger partial charge in [-0.25, -0.2) is 4.98 Å². The molecule has 0 bridgehead atoms. The van der Waals surface area contributed by atoms with Crippen molar-refractivity contribution in [1.82, 2.24) is 9.55 Å². The number of aromatic nitrogens is 2. The van der Waals surface area contributed by atoms with E-state index in [2.05, 4.69) is 216 Å². The van der Waals surface area contributed by atoms with Crippen LogP contribution in [-0.2, 0) is 0 Å². The Labute approximate surface area is 368 Å². The third-order valence-corrected chi connectivity index (χ3v) is 14.6. The summed E-state index contributed by atoms with van der Waals surface area (Å²) in [4.78, 5) is 5.23. The van der Waals surface area contributed by atoms with Gasteiger partial charge in [0.25, 0.3) is 0 Å². The Morgan fingerprint density at radius 1 is 0.328 bits per heavy atom. The van der Waals surface area contributed by atoms with Crippen LogP contribution in [0, 0.1) is 0 Å². The average molecular weight is 767 g/mol. The normalized spacial score (nSPS) is 11.6. The van der Waals surface area contributed by atoms with Crippen molar-refractivity contribution in [1.29, 1.82) is 0 Å². The highest BCUT2D eigenvalue weighted by Gasteiger charge is 2.24. The predicted octanol–water partition coefficient (Wildman–Crippen LogP) is -4.26. The highest BCUT2D eigenvalue weighted by atomic mass is 15.1. The van der Waals surface area contributed by atoms with Gasteiger partial charge in [0.2, 0.25) is 0 Å². The summed E-state index contributed by atoms with van der Waals surface area (Å²) < 4.78 is 2.31. The van der Waals surface area contributed by atoms with E-state index in [1.54, 1.807) is 0 Å². The van der Waals surface area contributed by atoms with Crippen molar-refractivity contribution in [2.75, 3.05) is 0 Å². The molecule has 0 aliphatic heterocycles. The molecule has 9 aromatic carbocycles. The molecular formula is C49H42B10N2. The third kappa shape index (κ3) is 6.05. The van der Waals surface area contributed by atoms with Gasteiger partial charge in [-0.1, -0.05) is 125 Å². The summed E-state index contributed by atoms with van der Waals surface area (Å²) in [6.45, 7) is 0. The van der Waals surface area contributed by atoms with Crippen LogP contribution in [0.3, 0.4) is 0 Å². The second-order valence-corrected chi connectivity index (χ2v) is 17.4. The van der Waals surface area contributed by atoms with Crippen molar-refractivity contribution in [2.24, 2.45) is 0 Å². The van der Waals surface area contributed by atoms with Gasteiger partial charge in [-0.2, -0.15) is 0 Å². The first-order valence-corrected chi connectivity index (χ1v) is 21.6. The minimum Gasteiger partial charge on any atom is -0.292 e. The van der Waals surface area contributed by atoms with Crippen LogP contribution < -0.4 is 54.6 Å². The summed E-state index contributed by atoms with van der Waals surface area (Å²) in [5, 5.41) is 7.63. The first kappa shape index (κ1) is 39.0. The van der Waals surface area contributed by atoms with Crippen molar-refractivity contribution in [2.45, 2.75) is 0 Å². The van der Waals surface area contributed by atoms with E-state index >= 15 is 0 Å². The zero-order chi connectivity index (χ0) is 42.4. The lowest BCUT2D eigenvalue weighted by Gasteiger charge is -2.27. The van der Waals surface area contributed by atoms with Gasteiger partial charge in [0.05, 0.1) is 11.0 Å². The molecule has 0 aliphatic carbocycles. The fraction of sp³-hybridized carbons (Fsp3) is 0. The zero-order valence-electron chi connectivity index (χ0n) is 37.1. The Bertz CT molecular complexity index is 3430. The summed E-state index contributed by atoms with van der Waals surface area (Å²) >= 11 is 0. The van der Waals surface area contributed by atoms with E-state index < -0.39 is 0 Å². The number of rotatable bonds is 5. The van der Waals surface area contributed by atoms with Crippen LogP contribution >= 0.6 is 0 Å².